The molecule has 4 nitrogen and oxygen atoms in total. The molecule has 4 heteroatoms. The minimum atomic E-state index is 0.0739. The number of nitrogens with zero attached hydrogens (tertiary/aromatic N) is 3. The molecule has 1 aromatic carbocycles. The molecule has 0 bridgehead atoms. The topological polar surface area (TPSA) is 28.5 Å². The van der Waals surface area contributed by atoms with Crippen molar-refractivity contribution in [2.45, 2.75) is 27.3 Å². The number of likely N-dealkylation sites (N-methyl/N-ethyl adjacent to an activating group) is 1. The van der Waals surface area contributed by atoms with Crippen LogP contribution in [0.1, 0.15) is 22.3 Å². The van der Waals surface area contributed by atoms with Crippen LogP contribution in [0.2, 0.25) is 0 Å². The molecule has 0 spiro atoms. The molecule has 0 radical (unpaired) electrons. The third-order valence-electron chi connectivity index (χ3n) is 5.35. The summed E-state index contributed by atoms with van der Waals surface area (Å²) in [4.78, 5) is 16.9. The summed E-state index contributed by atoms with van der Waals surface area (Å²) in [6.07, 6.45) is 1.94. The van der Waals surface area contributed by atoms with E-state index < -0.39 is 0 Å². The van der Waals surface area contributed by atoms with Gasteiger partial charge in [0.2, 0.25) is 0 Å². The van der Waals surface area contributed by atoms with Gasteiger partial charge in [-0.05, 0) is 61.7 Å². The van der Waals surface area contributed by atoms with E-state index in [1.807, 2.05) is 26.2 Å². The van der Waals surface area contributed by atoms with Crippen LogP contribution >= 0.6 is 0 Å². The normalized spacial score (nSPS) is 16.4. The molecule has 0 amide bonds. The van der Waals surface area contributed by atoms with Crippen molar-refractivity contribution >= 4 is 0 Å². The Bertz CT molecular complexity index is 804. The lowest BCUT2D eigenvalue weighted by Gasteiger charge is -2.32. The number of piperazine rings is 1. The second kappa shape index (κ2) is 7.14. The van der Waals surface area contributed by atoms with Gasteiger partial charge in [-0.15, -0.1) is 0 Å². The van der Waals surface area contributed by atoms with E-state index >= 15 is 0 Å². The molecule has 1 fully saturated rings. The summed E-state index contributed by atoms with van der Waals surface area (Å²) in [5.74, 6) is 0. The average molecular weight is 339 g/mol. The zero-order valence-electron chi connectivity index (χ0n) is 16.1. The number of hydrogen-bond acceptors (Lipinski definition) is 3. The van der Waals surface area contributed by atoms with E-state index in [-0.39, 0.29) is 5.56 Å². The molecule has 0 aliphatic carbocycles. The first-order valence-electron chi connectivity index (χ1n) is 9.04. The van der Waals surface area contributed by atoms with Crippen LogP contribution in [0.5, 0.6) is 0 Å². The average Bonchev–Trinajstić information content (AvgIpc) is 2.57. The van der Waals surface area contributed by atoms with Crippen molar-refractivity contribution in [2.75, 3.05) is 33.2 Å². The van der Waals surface area contributed by atoms with E-state index in [4.69, 9.17) is 0 Å². The Morgan fingerprint density at radius 3 is 2.20 bits per heavy atom. The van der Waals surface area contributed by atoms with Crippen molar-refractivity contribution in [3.05, 3.63) is 57.0 Å². The van der Waals surface area contributed by atoms with Crippen LogP contribution in [0.3, 0.4) is 0 Å². The van der Waals surface area contributed by atoms with Gasteiger partial charge in [-0.25, -0.2) is 0 Å². The minimum absolute atomic E-state index is 0.0739. The maximum atomic E-state index is 12.0. The SMILES string of the molecule is Cc1cc(-c2cc(C)c(=O)n(C)c2)c(C)cc1CN1CCN(C)CC1. The highest BCUT2D eigenvalue weighted by Crippen LogP contribution is 2.27. The second-order valence-electron chi connectivity index (χ2n) is 7.50. The standard InChI is InChI=1S/C21H29N3O/c1-15-12-20(19-11-17(3)21(25)23(5)13-19)16(2)10-18(15)14-24-8-6-22(4)7-9-24/h10-13H,6-9,14H2,1-5H3. The maximum Gasteiger partial charge on any atom is 0.253 e. The van der Waals surface area contributed by atoms with Gasteiger partial charge < -0.3 is 9.47 Å². The predicted molar refractivity (Wildman–Crippen MR) is 104 cm³/mol. The molecule has 134 valence electrons. The molecule has 2 aromatic rings. The second-order valence-corrected chi connectivity index (χ2v) is 7.50. The molecule has 1 aromatic heterocycles. The van der Waals surface area contributed by atoms with E-state index in [1.165, 1.54) is 22.3 Å². The smallest absolute Gasteiger partial charge is 0.253 e. The third kappa shape index (κ3) is 3.86. The van der Waals surface area contributed by atoms with E-state index in [9.17, 15) is 4.79 Å². The molecular weight excluding hydrogens is 310 g/mol. The highest BCUT2D eigenvalue weighted by molar-refractivity contribution is 5.68. The van der Waals surface area contributed by atoms with Crippen molar-refractivity contribution in [3.8, 4) is 11.1 Å². The molecular formula is C21H29N3O. The van der Waals surface area contributed by atoms with Crippen LogP contribution in [0.15, 0.2) is 29.2 Å². The van der Waals surface area contributed by atoms with Gasteiger partial charge in [0, 0.05) is 51.5 Å². The molecule has 0 saturated carbocycles. The van der Waals surface area contributed by atoms with E-state index in [0.29, 0.717) is 0 Å². The van der Waals surface area contributed by atoms with E-state index in [1.54, 1.807) is 4.57 Å². The fourth-order valence-electron chi connectivity index (χ4n) is 3.63. The zero-order valence-corrected chi connectivity index (χ0v) is 16.1. The lowest BCUT2D eigenvalue weighted by atomic mass is 9.95. The van der Waals surface area contributed by atoms with Gasteiger partial charge in [-0.3, -0.25) is 9.69 Å². The Balaban J connectivity index is 1.89. The van der Waals surface area contributed by atoms with Gasteiger partial charge in [-0.2, -0.15) is 0 Å². The molecule has 3 rings (SSSR count). The Morgan fingerprint density at radius 2 is 1.56 bits per heavy atom. The number of benzene rings is 1. The van der Waals surface area contributed by atoms with Gasteiger partial charge in [0.25, 0.3) is 5.56 Å². The Labute approximate surface area is 150 Å². The summed E-state index contributed by atoms with van der Waals surface area (Å²) >= 11 is 0. The largest absolute Gasteiger partial charge is 0.318 e. The summed E-state index contributed by atoms with van der Waals surface area (Å²) in [5, 5.41) is 0. The molecule has 25 heavy (non-hydrogen) atoms. The zero-order chi connectivity index (χ0) is 18.1. The van der Waals surface area contributed by atoms with Crippen molar-refractivity contribution in [2.24, 2.45) is 7.05 Å². The molecule has 1 saturated heterocycles. The summed E-state index contributed by atoms with van der Waals surface area (Å²) in [7, 11) is 4.01. The first kappa shape index (κ1) is 17.9. The van der Waals surface area contributed by atoms with Crippen molar-refractivity contribution in [3.63, 3.8) is 0 Å². The Morgan fingerprint density at radius 1 is 0.880 bits per heavy atom. The number of rotatable bonds is 3. The Hall–Kier alpha value is -1.91. The number of aryl methyl sites for hydroxylation is 4. The predicted octanol–water partition coefficient (Wildman–Crippen LogP) is 2.72. The molecule has 1 aliphatic heterocycles. The van der Waals surface area contributed by atoms with E-state index in [2.05, 4.69) is 42.8 Å². The fraction of sp³-hybridized carbons (Fsp3) is 0.476. The summed E-state index contributed by atoms with van der Waals surface area (Å²) in [6, 6.07) is 6.60. The third-order valence-corrected chi connectivity index (χ3v) is 5.35. The Kier molecular flexibility index (Phi) is 5.11. The maximum absolute atomic E-state index is 12.0. The first-order chi connectivity index (χ1) is 11.8. The lowest BCUT2D eigenvalue weighted by molar-refractivity contribution is 0.148. The molecule has 0 atom stereocenters. The lowest BCUT2D eigenvalue weighted by Crippen LogP contribution is -2.43. The summed E-state index contributed by atoms with van der Waals surface area (Å²) < 4.78 is 1.68. The van der Waals surface area contributed by atoms with Crippen molar-refractivity contribution in [1.29, 1.82) is 0 Å². The summed E-state index contributed by atoms with van der Waals surface area (Å²) in [5.41, 5.74) is 7.21. The first-order valence-corrected chi connectivity index (χ1v) is 9.04. The molecule has 0 unspecified atom stereocenters. The molecule has 1 aliphatic rings. The fourth-order valence-corrected chi connectivity index (χ4v) is 3.63. The van der Waals surface area contributed by atoms with Crippen LogP contribution in [0.25, 0.3) is 11.1 Å². The van der Waals surface area contributed by atoms with E-state index in [0.717, 1.165) is 43.9 Å². The van der Waals surface area contributed by atoms with Crippen molar-refractivity contribution < 1.29 is 0 Å². The number of aromatic nitrogens is 1. The highest BCUT2D eigenvalue weighted by Gasteiger charge is 2.16. The summed E-state index contributed by atoms with van der Waals surface area (Å²) in [6.45, 7) is 11.8. The molecule has 2 heterocycles. The minimum Gasteiger partial charge on any atom is -0.318 e. The van der Waals surface area contributed by atoms with Gasteiger partial charge in [0.15, 0.2) is 0 Å². The van der Waals surface area contributed by atoms with Gasteiger partial charge in [0.1, 0.15) is 0 Å². The van der Waals surface area contributed by atoms with Crippen LogP contribution in [-0.4, -0.2) is 47.6 Å². The van der Waals surface area contributed by atoms with Crippen molar-refractivity contribution in [1.82, 2.24) is 14.4 Å². The monoisotopic (exact) mass is 339 g/mol. The van der Waals surface area contributed by atoms with Gasteiger partial charge >= 0.3 is 0 Å². The highest BCUT2D eigenvalue weighted by atomic mass is 16.1. The number of pyridine rings is 1. The van der Waals surface area contributed by atoms with Gasteiger partial charge in [-0.1, -0.05) is 12.1 Å². The van der Waals surface area contributed by atoms with Crippen LogP contribution < -0.4 is 5.56 Å². The van der Waals surface area contributed by atoms with Gasteiger partial charge in [0.05, 0.1) is 0 Å². The molecule has 0 N–H and O–H groups in total. The number of hydrogen-bond donors (Lipinski definition) is 0. The van der Waals surface area contributed by atoms with Crippen LogP contribution in [-0.2, 0) is 13.6 Å². The quantitative estimate of drug-likeness (QED) is 0.861. The van der Waals surface area contributed by atoms with Crippen LogP contribution in [0.4, 0.5) is 0 Å². The van der Waals surface area contributed by atoms with Crippen LogP contribution in [0, 0.1) is 20.8 Å².